The van der Waals surface area contributed by atoms with Crippen LogP contribution in [0, 0.1) is 0 Å². The van der Waals surface area contributed by atoms with Gasteiger partial charge in [0.05, 0.1) is 22.4 Å². The Morgan fingerprint density at radius 3 is 1.51 bits per heavy atom. The van der Waals surface area contributed by atoms with Gasteiger partial charge in [-0.15, -0.1) is 11.3 Å². The Labute approximate surface area is 275 Å². The summed E-state index contributed by atoms with van der Waals surface area (Å²) in [6.07, 6.45) is 0. The predicted molar refractivity (Wildman–Crippen MR) is 201 cm³/mol. The highest BCUT2D eigenvalue weighted by Gasteiger charge is 2.17. The smallest absolute Gasteiger partial charge is 0.0973 e. The molecule has 0 amide bonds. The van der Waals surface area contributed by atoms with E-state index in [0.29, 0.717) is 0 Å². The summed E-state index contributed by atoms with van der Waals surface area (Å²) in [4.78, 5) is 10.5. The van der Waals surface area contributed by atoms with Gasteiger partial charge < -0.3 is 0 Å². The molecule has 0 atom stereocenters. The van der Waals surface area contributed by atoms with Gasteiger partial charge >= 0.3 is 0 Å². The van der Waals surface area contributed by atoms with Crippen molar-refractivity contribution in [1.29, 1.82) is 0 Å². The highest BCUT2D eigenvalue weighted by molar-refractivity contribution is 7.25. The molecule has 2 nitrogen and oxygen atoms in total. The standard InChI is InChI=1S/C44H26N2S/c1-2-12-33-31(10-1)32-11-3-4-13-34(32)37-26-29(24-25-35(33)37)44-43(45-38-16-6-7-17-39(38)46-44)28-22-20-27(21-23-28)30-15-9-19-41-42(30)36-14-5-8-18-40(36)47-41/h1-26H. The number of aromatic nitrogens is 2. The van der Waals surface area contributed by atoms with Gasteiger partial charge in [-0.25, -0.2) is 9.97 Å². The lowest BCUT2D eigenvalue weighted by Crippen LogP contribution is -1.96. The van der Waals surface area contributed by atoms with Crippen molar-refractivity contribution in [3.63, 3.8) is 0 Å². The van der Waals surface area contributed by atoms with Crippen LogP contribution in [0.25, 0.3) is 97.2 Å². The molecule has 10 rings (SSSR count). The molecule has 10 aromatic rings. The Balaban J connectivity index is 1.17. The SMILES string of the molecule is c1ccc2nc(-c3ccc4c5ccccc5c5ccccc5c4c3)c(-c3ccc(-c4cccc5sc6ccccc6c45)cc3)nc2c1. The molecule has 0 saturated heterocycles. The second-order valence-electron chi connectivity index (χ2n) is 12.1. The van der Waals surface area contributed by atoms with Gasteiger partial charge in [0.25, 0.3) is 0 Å². The van der Waals surface area contributed by atoms with Crippen LogP contribution in [-0.2, 0) is 0 Å². The van der Waals surface area contributed by atoms with Gasteiger partial charge in [0.1, 0.15) is 0 Å². The summed E-state index contributed by atoms with van der Waals surface area (Å²) in [5.41, 5.74) is 8.12. The number of benzene rings is 8. The van der Waals surface area contributed by atoms with E-state index in [-0.39, 0.29) is 0 Å². The number of hydrogen-bond acceptors (Lipinski definition) is 3. The van der Waals surface area contributed by atoms with Crippen LogP contribution in [-0.4, -0.2) is 9.97 Å². The molecule has 3 heteroatoms. The van der Waals surface area contributed by atoms with E-state index < -0.39 is 0 Å². The number of rotatable bonds is 3. The summed E-state index contributed by atoms with van der Waals surface area (Å²) in [5.74, 6) is 0. The maximum atomic E-state index is 5.26. The predicted octanol–water partition coefficient (Wildman–Crippen LogP) is 12.5. The second kappa shape index (κ2) is 10.3. The molecular weight excluding hydrogens is 589 g/mol. The first-order valence-corrected chi connectivity index (χ1v) is 16.7. The molecule has 0 fully saturated rings. The van der Waals surface area contributed by atoms with Crippen molar-refractivity contribution in [2.75, 3.05) is 0 Å². The van der Waals surface area contributed by atoms with Crippen molar-refractivity contribution in [3.05, 3.63) is 158 Å². The third-order valence-corrected chi connectivity index (χ3v) is 10.6. The summed E-state index contributed by atoms with van der Waals surface area (Å²) in [5, 5.41) is 10.2. The van der Waals surface area contributed by atoms with Gasteiger partial charge in [-0.3, -0.25) is 0 Å². The molecule has 2 aromatic heterocycles. The minimum atomic E-state index is 0.888. The Bertz CT molecular complexity index is 2810. The third kappa shape index (κ3) is 4.10. The van der Waals surface area contributed by atoms with E-state index in [1.165, 1.54) is 63.6 Å². The van der Waals surface area contributed by atoms with Crippen LogP contribution in [0.5, 0.6) is 0 Å². The average molecular weight is 615 g/mol. The molecule has 218 valence electrons. The lowest BCUT2D eigenvalue weighted by molar-refractivity contribution is 1.29. The summed E-state index contributed by atoms with van der Waals surface area (Å²) in [7, 11) is 0. The fourth-order valence-electron chi connectivity index (χ4n) is 7.28. The molecule has 0 spiro atoms. The zero-order chi connectivity index (χ0) is 30.9. The van der Waals surface area contributed by atoms with Gasteiger partial charge in [0.15, 0.2) is 0 Å². The Morgan fingerprint density at radius 1 is 0.340 bits per heavy atom. The molecule has 0 aliphatic rings. The monoisotopic (exact) mass is 614 g/mol. The van der Waals surface area contributed by atoms with E-state index in [4.69, 9.17) is 9.97 Å². The molecule has 0 saturated carbocycles. The average Bonchev–Trinajstić information content (AvgIpc) is 3.53. The summed E-state index contributed by atoms with van der Waals surface area (Å²) < 4.78 is 2.63. The maximum Gasteiger partial charge on any atom is 0.0973 e. The summed E-state index contributed by atoms with van der Waals surface area (Å²) in [6, 6.07) is 56.6. The van der Waals surface area contributed by atoms with Gasteiger partial charge in [-0.05, 0) is 73.8 Å². The van der Waals surface area contributed by atoms with Crippen LogP contribution in [0.3, 0.4) is 0 Å². The lowest BCUT2D eigenvalue weighted by Gasteiger charge is -2.14. The Hall–Kier alpha value is -5.90. The van der Waals surface area contributed by atoms with Crippen LogP contribution < -0.4 is 0 Å². The van der Waals surface area contributed by atoms with Gasteiger partial charge in [0.2, 0.25) is 0 Å². The first-order valence-electron chi connectivity index (χ1n) is 15.9. The highest BCUT2D eigenvalue weighted by atomic mass is 32.1. The lowest BCUT2D eigenvalue weighted by atomic mass is 9.92. The first-order chi connectivity index (χ1) is 23.3. The largest absolute Gasteiger partial charge is 0.244 e. The van der Waals surface area contributed by atoms with Crippen LogP contribution in [0.15, 0.2) is 158 Å². The maximum absolute atomic E-state index is 5.26. The van der Waals surface area contributed by atoms with Gasteiger partial charge in [0, 0.05) is 31.3 Å². The second-order valence-corrected chi connectivity index (χ2v) is 13.2. The van der Waals surface area contributed by atoms with E-state index in [1.807, 2.05) is 29.5 Å². The molecule has 47 heavy (non-hydrogen) atoms. The molecule has 0 bridgehead atoms. The fraction of sp³-hybridized carbons (Fsp3) is 0. The zero-order valence-electron chi connectivity index (χ0n) is 25.3. The minimum absolute atomic E-state index is 0.888. The first kappa shape index (κ1) is 26.3. The quantitative estimate of drug-likeness (QED) is 0.185. The van der Waals surface area contributed by atoms with Crippen LogP contribution in [0.2, 0.25) is 0 Å². The van der Waals surface area contributed by atoms with Crippen molar-refractivity contribution in [2.24, 2.45) is 0 Å². The fourth-order valence-corrected chi connectivity index (χ4v) is 8.41. The van der Waals surface area contributed by atoms with E-state index in [1.54, 1.807) is 0 Å². The topological polar surface area (TPSA) is 25.8 Å². The van der Waals surface area contributed by atoms with E-state index in [9.17, 15) is 0 Å². The van der Waals surface area contributed by atoms with Gasteiger partial charge in [-0.1, -0.05) is 127 Å². The molecule has 0 aliphatic heterocycles. The molecule has 0 aliphatic carbocycles. The Kier molecular flexibility index (Phi) is 5.78. The van der Waals surface area contributed by atoms with Crippen molar-refractivity contribution in [2.45, 2.75) is 0 Å². The number of para-hydroxylation sites is 2. The summed E-state index contributed by atoms with van der Waals surface area (Å²) in [6.45, 7) is 0. The van der Waals surface area contributed by atoms with Crippen molar-refractivity contribution in [3.8, 4) is 33.6 Å². The number of fused-ring (bicyclic) bond motifs is 10. The molecule has 2 heterocycles. The van der Waals surface area contributed by atoms with E-state index in [2.05, 4.69) is 140 Å². The van der Waals surface area contributed by atoms with Crippen LogP contribution in [0.4, 0.5) is 0 Å². The number of hydrogen-bond donors (Lipinski definition) is 0. The number of thiophene rings is 1. The van der Waals surface area contributed by atoms with Crippen LogP contribution >= 0.6 is 11.3 Å². The Morgan fingerprint density at radius 2 is 0.830 bits per heavy atom. The molecule has 8 aromatic carbocycles. The zero-order valence-corrected chi connectivity index (χ0v) is 26.1. The number of nitrogens with zero attached hydrogens (tertiary/aromatic N) is 2. The van der Waals surface area contributed by atoms with Crippen molar-refractivity contribution in [1.82, 2.24) is 9.97 Å². The van der Waals surface area contributed by atoms with Gasteiger partial charge in [-0.2, -0.15) is 0 Å². The normalized spacial score (nSPS) is 11.8. The van der Waals surface area contributed by atoms with E-state index in [0.717, 1.165) is 33.5 Å². The van der Waals surface area contributed by atoms with Crippen LogP contribution in [0.1, 0.15) is 0 Å². The third-order valence-electron chi connectivity index (χ3n) is 9.46. The molecule has 0 N–H and O–H groups in total. The van der Waals surface area contributed by atoms with Crippen molar-refractivity contribution < 1.29 is 0 Å². The van der Waals surface area contributed by atoms with Crippen molar-refractivity contribution >= 4 is 74.9 Å². The minimum Gasteiger partial charge on any atom is -0.244 e. The molecule has 0 unspecified atom stereocenters. The highest BCUT2D eigenvalue weighted by Crippen LogP contribution is 2.42. The molecular formula is C44H26N2S. The van der Waals surface area contributed by atoms with E-state index >= 15 is 0 Å². The molecule has 0 radical (unpaired) electrons. The summed E-state index contributed by atoms with van der Waals surface area (Å²) >= 11 is 1.85.